The van der Waals surface area contributed by atoms with Crippen LogP contribution in [-0.4, -0.2) is 19.7 Å². The number of nitrogens with one attached hydrogen (secondary N) is 1. The lowest BCUT2D eigenvalue weighted by Crippen LogP contribution is -2.14. The summed E-state index contributed by atoms with van der Waals surface area (Å²) in [5.41, 5.74) is 3.65. The van der Waals surface area contributed by atoms with Crippen LogP contribution in [0.2, 0.25) is 0 Å². The maximum Gasteiger partial charge on any atom is 0.149 e. The normalized spacial score (nSPS) is 12.3. The Labute approximate surface area is 156 Å². The highest BCUT2D eigenvalue weighted by Crippen LogP contribution is 2.24. The number of halogens is 1. The summed E-state index contributed by atoms with van der Waals surface area (Å²) in [6, 6.07) is 18.1. The first kappa shape index (κ1) is 17.1. The molecule has 0 saturated heterocycles. The van der Waals surface area contributed by atoms with Gasteiger partial charge in [0.25, 0.3) is 0 Å². The molecule has 5 nitrogen and oxygen atoms in total. The van der Waals surface area contributed by atoms with Crippen LogP contribution < -0.4 is 5.32 Å². The van der Waals surface area contributed by atoms with Crippen molar-refractivity contribution in [1.82, 2.24) is 19.7 Å². The lowest BCUT2D eigenvalue weighted by molar-refractivity contribution is 0.628. The minimum absolute atomic E-state index is 0.0247. The van der Waals surface area contributed by atoms with Crippen LogP contribution in [0.25, 0.3) is 22.3 Å². The first-order chi connectivity index (χ1) is 13.2. The molecular formula is C21H20FN5. The summed E-state index contributed by atoms with van der Waals surface area (Å²) in [6.07, 6.45) is 0. The van der Waals surface area contributed by atoms with Gasteiger partial charge >= 0.3 is 0 Å². The van der Waals surface area contributed by atoms with E-state index in [0.717, 1.165) is 29.0 Å². The minimum Gasteiger partial charge on any atom is -0.359 e. The topological polar surface area (TPSA) is 55.6 Å². The molecule has 0 spiro atoms. The fourth-order valence-electron chi connectivity index (χ4n) is 3.23. The molecule has 6 heteroatoms. The first-order valence-electron chi connectivity index (χ1n) is 8.97. The molecule has 2 heterocycles. The second-order valence-corrected chi connectivity index (χ2v) is 6.38. The van der Waals surface area contributed by atoms with Crippen LogP contribution in [0, 0.1) is 5.82 Å². The van der Waals surface area contributed by atoms with Gasteiger partial charge in [-0.25, -0.2) is 9.37 Å². The molecule has 0 bridgehead atoms. The van der Waals surface area contributed by atoms with Gasteiger partial charge in [-0.05, 0) is 62.4 Å². The van der Waals surface area contributed by atoms with Crippen LogP contribution >= 0.6 is 0 Å². The molecule has 1 atom stereocenters. The largest absolute Gasteiger partial charge is 0.359 e. The zero-order chi connectivity index (χ0) is 18.8. The zero-order valence-electron chi connectivity index (χ0n) is 15.2. The Bertz CT molecular complexity index is 1050. The number of benzene rings is 2. The molecule has 1 N–H and O–H groups in total. The van der Waals surface area contributed by atoms with Crippen LogP contribution in [0.5, 0.6) is 0 Å². The standard InChI is InChI=1S/C21H20FN5/c1-3-27-19-7-5-4-6-18(19)24-21(27)14(2)23-20-13-12-17(25-26-20)15-8-10-16(22)11-9-15/h4-14H,3H2,1-2H3,(H,23,26). The van der Waals surface area contributed by atoms with Crippen LogP contribution in [0.15, 0.2) is 60.7 Å². The van der Waals surface area contributed by atoms with Gasteiger partial charge in [0.05, 0.1) is 22.8 Å². The summed E-state index contributed by atoms with van der Waals surface area (Å²) in [5, 5.41) is 11.9. The minimum atomic E-state index is -0.266. The van der Waals surface area contributed by atoms with Crippen molar-refractivity contribution in [3.8, 4) is 11.3 Å². The van der Waals surface area contributed by atoms with E-state index in [1.165, 1.54) is 12.1 Å². The summed E-state index contributed by atoms with van der Waals surface area (Å²) in [7, 11) is 0. The fourth-order valence-corrected chi connectivity index (χ4v) is 3.23. The quantitative estimate of drug-likeness (QED) is 0.553. The smallest absolute Gasteiger partial charge is 0.149 e. The van der Waals surface area contributed by atoms with Crippen molar-refractivity contribution in [2.75, 3.05) is 5.32 Å². The third-order valence-corrected chi connectivity index (χ3v) is 4.56. The van der Waals surface area contributed by atoms with E-state index in [0.29, 0.717) is 11.5 Å². The monoisotopic (exact) mass is 361 g/mol. The summed E-state index contributed by atoms with van der Waals surface area (Å²) in [5.74, 6) is 1.36. The highest BCUT2D eigenvalue weighted by molar-refractivity contribution is 5.76. The Hall–Kier alpha value is -3.28. The van der Waals surface area contributed by atoms with Crippen LogP contribution in [0.1, 0.15) is 25.7 Å². The number of imidazole rings is 1. The van der Waals surface area contributed by atoms with Crippen molar-refractivity contribution in [3.05, 3.63) is 72.3 Å². The van der Waals surface area contributed by atoms with Crippen molar-refractivity contribution in [3.63, 3.8) is 0 Å². The van der Waals surface area contributed by atoms with E-state index in [1.807, 2.05) is 30.3 Å². The second kappa shape index (κ2) is 7.15. The molecule has 0 amide bonds. The maximum atomic E-state index is 13.1. The number of nitrogens with zero attached hydrogens (tertiary/aromatic N) is 4. The van der Waals surface area contributed by atoms with Crippen molar-refractivity contribution >= 4 is 16.9 Å². The third kappa shape index (κ3) is 3.38. The van der Waals surface area contributed by atoms with E-state index < -0.39 is 0 Å². The lowest BCUT2D eigenvalue weighted by atomic mass is 10.1. The van der Waals surface area contributed by atoms with Crippen molar-refractivity contribution in [2.45, 2.75) is 26.4 Å². The molecule has 27 heavy (non-hydrogen) atoms. The first-order valence-corrected chi connectivity index (χ1v) is 8.97. The summed E-state index contributed by atoms with van der Waals surface area (Å²) < 4.78 is 15.3. The Morgan fingerprint density at radius 2 is 1.78 bits per heavy atom. The zero-order valence-corrected chi connectivity index (χ0v) is 15.2. The molecule has 0 aliphatic carbocycles. The van der Waals surface area contributed by atoms with Crippen molar-refractivity contribution < 1.29 is 4.39 Å². The molecule has 0 aliphatic heterocycles. The van der Waals surface area contributed by atoms with Crippen LogP contribution in [0.4, 0.5) is 10.2 Å². The van der Waals surface area contributed by atoms with Gasteiger partial charge in [0.2, 0.25) is 0 Å². The van der Waals surface area contributed by atoms with E-state index in [2.05, 4.69) is 40.0 Å². The SMILES string of the molecule is CCn1c(C(C)Nc2ccc(-c3ccc(F)cc3)nn2)nc2ccccc21. The molecule has 0 saturated carbocycles. The second-order valence-electron chi connectivity index (χ2n) is 6.38. The lowest BCUT2D eigenvalue weighted by Gasteiger charge is -2.15. The molecular weight excluding hydrogens is 341 g/mol. The van der Waals surface area contributed by atoms with E-state index in [4.69, 9.17) is 4.98 Å². The van der Waals surface area contributed by atoms with Gasteiger partial charge < -0.3 is 9.88 Å². The van der Waals surface area contributed by atoms with Gasteiger partial charge in [0.1, 0.15) is 17.5 Å². The predicted molar refractivity (Wildman–Crippen MR) is 105 cm³/mol. The Kier molecular flexibility index (Phi) is 4.54. The average Bonchev–Trinajstić information content (AvgIpc) is 3.08. The molecule has 0 fully saturated rings. The average molecular weight is 361 g/mol. The third-order valence-electron chi connectivity index (χ3n) is 4.56. The van der Waals surface area contributed by atoms with Gasteiger partial charge in [-0.1, -0.05) is 12.1 Å². The summed E-state index contributed by atoms with van der Waals surface area (Å²) >= 11 is 0. The van der Waals surface area contributed by atoms with E-state index >= 15 is 0 Å². The molecule has 136 valence electrons. The van der Waals surface area contributed by atoms with Crippen LogP contribution in [0.3, 0.4) is 0 Å². The highest BCUT2D eigenvalue weighted by Gasteiger charge is 2.16. The molecule has 1 unspecified atom stereocenters. The van der Waals surface area contributed by atoms with Crippen molar-refractivity contribution in [2.24, 2.45) is 0 Å². The number of aromatic nitrogens is 4. The number of hydrogen-bond donors (Lipinski definition) is 1. The maximum absolute atomic E-state index is 13.1. The van der Waals surface area contributed by atoms with Crippen molar-refractivity contribution in [1.29, 1.82) is 0 Å². The number of fused-ring (bicyclic) bond motifs is 1. The molecule has 4 rings (SSSR count). The number of anilines is 1. The Morgan fingerprint density at radius 3 is 2.48 bits per heavy atom. The molecule has 2 aromatic carbocycles. The molecule has 2 aromatic heterocycles. The number of para-hydroxylation sites is 2. The molecule has 0 aliphatic rings. The van der Waals surface area contributed by atoms with Gasteiger partial charge in [-0.3, -0.25) is 0 Å². The van der Waals surface area contributed by atoms with Gasteiger partial charge in [-0.2, -0.15) is 0 Å². The highest BCUT2D eigenvalue weighted by atomic mass is 19.1. The van der Waals surface area contributed by atoms with E-state index in [9.17, 15) is 4.39 Å². The molecule has 4 aromatic rings. The van der Waals surface area contributed by atoms with Gasteiger partial charge in [-0.15, -0.1) is 10.2 Å². The van der Waals surface area contributed by atoms with Gasteiger partial charge in [0.15, 0.2) is 0 Å². The van der Waals surface area contributed by atoms with E-state index in [1.54, 1.807) is 12.1 Å². The Balaban J connectivity index is 1.56. The van der Waals surface area contributed by atoms with Gasteiger partial charge in [0, 0.05) is 12.1 Å². The number of aryl methyl sites for hydroxylation is 1. The summed E-state index contributed by atoms with van der Waals surface area (Å²) in [6.45, 7) is 5.02. The fraction of sp³-hybridized carbons (Fsp3) is 0.190. The van der Waals surface area contributed by atoms with Crippen LogP contribution in [-0.2, 0) is 6.54 Å². The predicted octanol–water partition coefficient (Wildman–Crippen LogP) is 4.83. The Morgan fingerprint density at radius 1 is 1.00 bits per heavy atom. The number of rotatable bonds is 5. The van der Waals surface area contributed by atoms with E-state index in [-0.39, 0.29) is 11.9 Å². The number of hydrogen-bond acceptors (Lipinski definition) is 4. The molecule has 0 radical (unpaired) electrons. The summed E-state index contributed by atoms with van der Waals surface area (Å²) in [4.78, 5) is 4.77.